The van der Waals surface area contributed by atoms with Crippen molar-refractivity contribution < 1.29 is 18.0 Å². The van der Waals surface area contributed by atoms with Crippen LogP contribution in [-0.2, 0) is 12.7 Å². The number of nitrogens with zero attached hydrogens (tertiary/aromatic N) is 5. The van der Waals surface area contributed by atoms with Crippen molar-refractivity contribution in [2.45, 2.75) is 69.5 Å². The van der Waals surface area contributed by atoms with E-state index in [2.05, 4.69) is 10.2 Å². The van der Waals surface area contributed by atoms with Gasteiger partial charge in [0.25, 0.3) is 5.56 Å². The maximum absolute atomic E-state index is 13.1. The highest BCUT2D eigenvalue weighted by molar-refractivity contribution is 5.76. The van der Waals surface area contributed by atoms with Crippen LogP contribution < -0.4 is 5.56 Å². The lowest BCUT2D eigenvalue weighted by Crippen LogP contribution is -2.74. The maximum Gasteiger partial charge on any atom is 0.417 e. The van der Waals surface area contributed by atoms with Crippen LogP contribution in [0.4, 0.5) is 18.0 Å². The summed E-state index contributed by atoms with van der Waals surface area (Å²) >= 11 is 0. The third-order valence-corrected chi connectivity index (χ3v) is 10.5. The number of hydrogen-bond acceptors (Lipinski definition) is 4. The molecule has 8 nitrogen and oxygen atoms in total. The number of carbonyl (C=O) groups excluding carboxylic acids is 1. The number of aromatic amines is 1. The number of carbonyl (C=O) groups is 1. The molecule has 9 rings (SSSR count). The van der Waals surface area contributed by atoms with Crippen LogP contribution in [0.1, 0.15) is 74.0 Å². The fourth-order valence-electron chi connectivity index (χ4n) is 8.42. The lowest BCUT2D eigenvalue weighted by atomic mass is 9.31. The van der Waals surface area contributed by atoms with Crippen LogP contribution in [0, 0.1) is 22.2 Å². The molecule has 1 spiro atoms. The Labute approximate surface area is 217 Å². The van der Waals surface area contributed by atoms with Gasteiger partial charge in [-0.25, -0.2) is 9.78 Å². The molecule has 2 aliphatic heterocycles. The van der Waals surface area contributed by atoms with Crippen LogP contribution >= 0.6 is 0 Å². The number of halogens is 3. The molecule has 4 heterocycles. The van der Waals surface area contributed by atoms with Crippen molar-refractivity contribution in [1.82, 2.24) is 29.5 Å². The van der Waals surface area contributed by atoms with E-state index >= 15 is 0 Å². The Morgan fingerprint density at radius 3 is 2.42 bits per heavy atom. The van der Waals surface area contributed by atoms with Gasteiger partial charge in [-0.2, -0.15) is 18.3 Å². The molecule has 5 saturated carbocycles. The predicted octanol–water partition coefficient (Wildman–Crippen LogP) is 3.96. The second-order valence-corrected chi connectivity index (χ2v) is 13.5. The summed E-state index contributed by atoms with van der Waals surface area (Å²) in [6.45, 7) is 3.54. The summed E-state index contributed by atoms with van der Waals surface area (Å²) in [4.78, 5) is 33.8. The van der Waals surface area contributed by atoms with Crippen molar-refractivity contribution >= 4 is 6.03 Å². The molecule has 0 radical (unpaired) electrons. The Balaban J connectivity index is 0.802. The van der Waals surface area contributed by atoms with E-state index in [1.165, 1.54) is 17.4 Å². The zero-order chi connectivity index (χ0) is 26.1. The zero-order valence-electron chi connectivity index (χ0n) is 21.1. The highest BCUT2D eigenvalue weighted by Gasteiger charge is 2.71. The standard InChI is InChI=1S/C27H31F3N6O2/c28-27(29,30)18-3-4-20(37)35(7-18)15-25-10-26(11-25,12-25)19-8-34(9-19)23(38)36-13-24(14-36)5-17(6-24)22-31-21(32-33-22)16-1-2-16/h3-4,7,16-17,19H,1-2,5-6,8-15H2,(H,31,32,33). The predicted molar refractivity (Wildman–Crippen MR) is 129 cm³/mol. The molecule has 0 unspecified atom stereocenters. The monoisotopic (exact) mass is 528 g/mol. The number of amides is 2. The molecule has 38 heavy (non-hydrogen) atoms. The molecule has 2 amide bonds. The van der Waals surface area contributed by atoms with E-state index in [4.69, 9.17) is 4.98 Å². The van der Waals surface area contributed by atoms with Crippen molar-refractivity contribution in [3.05, 3.63) is 45.9 Å². The summed E-state index contributed by atoms with van der Waals surface area (Å²) in [6, 6.07) is 2.01. The topological polar surface area (TPSA) is 87.1 Å². The molecule has 2 aromatic rings. The zero-order valence-corrected chi connectivity index (χ0v) is 21.1. The number of aromatic nitrogens is 4. The van der Waals surface area contributed by atoms with E-state index in [0.717, 1.165) is 88.3 Å². The van der Waals surface area contributed by atoms with Crippen LogP contribution in [0.2, 0.25) is 0 Å². The van der Waals surface area contributed by atoms with Gasteiger partial charge in [-0.3, -0.25) is 9.89 Å². The Hall–Kier alpha value is -2.85. The minimum absolute atomic E-state index is 0.0635. The number of alkyl halides is 3. The Morgan fingerprint density at radius 2 is 1.76 bits per heavy atom. The fraction of sp³-hybridized carbons (Fsp3) is 0.704. The number of nitrogens with one attached hydrogen (secondary N) is 1. The van der Waals surface area contributed by atoms with Crippen LogP contribution in [0.3, 0.4) is 0 Å². The SMILES string of the molecule is O=C(N1CC(C23CC(Cn4cc(C(F)(F)F)ccc4=O)(C2)C3)C1)N1CC2(CC(c3nc(C4CC4)n[nH]3)C2)C1. The van der Waals surface area contributed by atoms with E-state index in [1.54, 1.807) is 0 Å². The van der Waals surface area contributed by atoms with Crippen LogP contribution in [0.25, 0.3) is 0 Å². The van der Waals surface area contributed by atoms with Gasteiger partial charge in [-0.15, -0.1) is 0 Å². The van der Waals surface area contributed by atoms with Gasteiger partial charge in [0.1, 0.15) is 5.82 Å². The second-order valence-electron chi connectivity index (χ2n) is 13.5. The molecular weight excluding hydrogens is 497 g/mol. The molecule has 7 aliphatic rings. The molecule has 2 aromatic heterocycles. The van der Waals surface area contributed by atoms with Crippen molar-refractivity contribution in [3.8, 4) is 0 Å². The minimum atomic E-state index is -4.45. The first-order valence-electron chi connectivity index (χ1n) is 13.8. The van der Waals surface area contributed by atoms with E-state index in [-0.39, 0.29) is 27.8 Å². The van der Waals surface area contributed by atoms with Gasteiger partial charge in [0.05, 0.1) is 5.56 Å². The maximum atomic E-state index is 13.1. The highest BCUT2D eigenvalue weighted by Crippen LogP contribution is 2.77. The van der Waals surface area contributed by atoms with Gasteiger partial charge in [0.15, 0.2) is 5.82 Å². The number of hydrogen-bond donors (Lipinski definition) is 1. The summed E-state index contributed by atoms with van der Waals surface area (Å²) in [5, 5.41) is 7.51. The molecular formula is C27H31F3N6O2. The van der Waals surface area contributed by atoms with E-state index in [1.807, 2.05) is 9.80 Å². The molecule has 11 heteroatoms. The summed E-state index contributed by atoms with van der Waals surface area (Å²) in [5.41, 5.74) is -0.774. The average molecular weight is 529 g/mol. The first-order chi connectivity index (χ1) is 18.0. The molecule has 5 aliphatic carbocycles. The normalized spacial score (nSPS) is 31.8. The van der Waals surface area contributed by atoms with Crippen molar-refractivity contribution in [2.24, 2.45) is 22.2 Å². The van der Waals surface area contributed by atoms with Gasteiger partial charge in [0, 0.05) is 62.2 Å². The van der Waals surface area contributed by atoms with Gasteiger partial charge in [-0.1, -0.05) is 0 Å². The van der Waals surface area contributed by atoms with Crippen LogP contribution in [-0.4, -0.2) is 61.8 Å². The fourth-order valence-corrected chi connectivity index (χ4v) is 8.42. The molecule has 2 saturated heterocycles. The van der Waals surface area contributed by atoms with Gasteiger partial charge >= 0.3 is 12.2 Å². The number of H-pyrrole nitrogens is 1. The molecule has 0 aromatic carbocycles. The lowest BCUT2D eigenvalue weighted by Gasteiger charge is -2.76. The van der Waals surface area contributed by atoms with Crippen LogP contribution in [0.15, 0.2) is 23.1 Å². The van der Waals surface area contributed by atoms with E-state index in [9.17, 15) is 22.8 Å². The lowest BCUT2D eigenvalue weighted by molar-refractivity contribution is -0.261. The number of likely N-dealkylation sites (tertiary alicyclic amines) is 2. The molecule has 0 atom stereocenters. The summed E-state index contributed by atoms with van der Waals surface area (Å²) < 4.78 is 40.4. The van der Waals surface area contributed by atoms with Crippen LogP contribution in [0.5, 0.6) is 0 Å². The van der Waals surface area contributed by atoms with Crippen molar-refractivity contribution in [2.75, 3.05) is 26.2 Å². The largest absolute Gasteiger partial charge is 0.417 e. The highest BCUT2D eigenvalue weighted by atomic mass is 19.4. The van der Waals surface area contributed by atoms with E-state index < -0.39 is 11.7 Å². The number of pyridine rings is 1. The summed E-state index contributed by atoms with van der Waals surface area (Å²) in [7, 11) is 0. The smallest absolute Gasteiger partial charge is 0.324 e. The van der Waals surface area contributed by atoms with E-state index in [0.29, 0.717) is 24.3 Å². The molecule has 7 fully saturated rings. The quantitative estimate of drug-likeness (QED) is 0.637. The Bertz CT molecular complexity index is 1350. The van der Waals surface area contributed by atoms with Gasteiger partial charge in [-0.05, 0) is 67.8 Å². The van der Waals surface area contributed by atoms with Gasteiger partial charge < -0.3 is 14.4 Å². The van der Waals surface area contributed by atoms with Gasteiger partial charge in [0.2, 0.25) is 0 Å². The molecule has 1 N–H and O–H groups in total. The van der Waals surface area contributed by atoms with Crippen molar-refractivity contribution in [1.29, 1.82) is 0 Å². The first-order valence-corrected chi connectivity index (χ1v) is 13.8. The third kappa shape index (κ3) is 3.35. The van der Waals surface area contributed by atoms with Crippen molar-refractivity contribution in [3.63, 3.8) is 0 Å². The number of rotatable bonds is 5. The minimum Gasteiger partial charge on any atom is -0.324 e. The summed E-state index contributed by atoms with van der Waals surface area (Å²) in [5.74, 6) is 3.44. The second kappa shape index (κ2) is 7.21. The summed E-state index contributed by atoms with van der Waals surface area (Å²) in [6.07, 6.45) is 3.85. The average Bonchev–Trinajstić information content (AvgIpc) is 3.46. The Morgan fingerprint density at radius 1 is 1.05 bits per heavy atom. The first kappa shape index (κ1) is 23.1. The number of urea groups is 1. The third-order valence-electron chi connectivity index (χ3n) is 10.5. The molecule has 2 bridgehead atoms. The Kier molecular flexibility index (Phi) is 4.38. The molecule has 202 valence electrons.